The van der Waals surface area contributed by atoms with Gasteiger partial charge in [0.25, 0.3) is 0 Å². The van der Waals surface area contributed by atoms with Gasteiger partial charge in [0.15, 0.2) is 0 Å². The van der Waals surface area contributed by atoms with Crippen LogP contribution in [0.25, 0.3) is 16.5 Å². The summed E-state index contributed by atoms with van der Waals surface area (Å²) in [7, 11) is 0. The van der Waals surface area contributed by atoms with E-state index in [4.69, 9.17) is 20.2 Å². The first-order valence-corrected chi connectivity index (χ1v) is 17.2. The van der Waals surface area contributed by atoms with Crippen molar-refractivity contribution in [3.63, 3.8) is 0 Å². The van der Waals surface area contributed by atoms with Gasteiger partial charge in [-0.25, -0.2) is 4.39 Å². The molecule has 0 radical (unpaired) electrons. The summed E-state index contributed by atoms with van der Waals surface area (Å²) < 4.78 is 72.6. The number of thioether (sulfide) groups is 1. The molecule has 248 valence electrons. The van der Waals surface area contributed by atoms with Crippen molar-refractivity contribution >= 4 is 34.1 Å². The van der Waals surface area contributed by atoms with E-state index in [9.17, 15) is 9.65 Å². The Labute approximate surface area is 273 Å². The van der Waals surface area contributed by atoms with Crippen LogP contribution >= 0.6 is 11.8 Å². The molecular formula is C33H35F4N7O2S. The Balaban J connectivity index is 1.22. The lowest BCUT2D eigenvalue weighted by Crippen LogP contribution is -2.65. The third-order valence-electron chi connectivity index (χ3n) is 10.5. The van der Waals surface area contributed by atoms with E-state index >= 15 is 13.2 Å². The molecule has 9 nitrogen and oxygen atoms in total. The number of ether oxygens (including phenoxy) is 2. The molecule has 2 aromatic rings. The van der Waals surface area contributed by atoms with Gasteiger partial charge >= 0.3 is 12.2 Å². The summed E-state index contributed by atoms with van der Waals surface area (Å²) in [6, 6.07) is 2.73. The van der Waals surface area contributed by atoms with Crippen molar-refractivity contribution in [3.05, 3.63) is 46.0 Å². The summed E-state index contributed by atoms with van der Waals surface area (Å²) in [4.78, 5) is 18.1. The molecule has 2 aromatic heterocycles. The maximum atomic E-state index is 15.3. The summed E-state index contributed by atoms with van der Waals surface area (Å²) in [5.74, 6) is -1.20. The summed E-state index contributed by atoms with van der Waals surface area (Å²) in [5.41, 5.74) is 4.29. The molecule has 2 N–H and O–H groups in total. The number of allylic oxidation sites excluding steroid dienone is 4. The number of halogens is 4. The highest BCUT2D eigenvalue weighted by molar-refractivity contribution is 8.04. The number of hydrogen-bond donors (Lipinski definition) is 1. The second kappa shape index (κ2) is 11.6. The first-order chi connectivity index (χ1) is 22.7. The standard InChI is InChI=1S/C33H35F4N7O2S/c34-23-6-5-20(24-21(12-38)29(39)47-28(23)24)26-25(33(35,36)37)27-22(13-40-26)30(43-9-3-1-2-4-10-43)42-31(41-27)46-17-32(7-8-32)16-44-18-11-19(44)15-45-14-18/h5-6,13,18-19,24,28H,1-4,7-11,14-17,39H2. The lowest BCUT2D eigenvalue weighted by molar-refractivity contribution is -0.136. The van der Waals surface area contributed by atoms with E-state index in [-0.39, 0.29) is 38.5 Å². The fourth-order valence-electron chi connectivity index (χ4n) is 7.75. The highest BCUT2D eigenvalue weighted by atomic mass is 32.2. The number of rotatable bonds is 7. The molecule has 1 saturated carbocycles. The van der Waals surface area contributed by atoms with Crippen LogP contribution in [0.4, 0.5) is 23.4 Å². The monoisotopic (exact) mass is 669 g/mol. The average molecular weight is 670 g/mol. The second-order valence-electron chi connectivity index (χ2n) is 13.6. The van der Waals surface area contributed by atoms with Crippen molar-refractivity contribution in [1.82, 2.24) is 19.9 Å². The normalized spacial score (nSPS) is 28.6. The minimum Gasteiger partial charge on any atom is -0.463 e. The molecule has 3 saturated heterocycles. The predicted octanol–water partition coefficient (Wildman–Crippen LogP) is 5.73. The number of morpholine rings is 1. The van der Waals surface area contributed by atoms with Crippen LogP contribution in [0.5, 0.6) is 6.01 Å². The van der Waals surface area contributed by atoms with Crippen molar-refractivity contribution in [1.29, 1.82) is 5.26 Å². The van der Waals surface area contributed by atoms with Crippen LogP contribution in [0.2, 0.25) is 0 Å². The average Bonchev–Trinajstić information content (AvgIpc) is 3.81. The Hall–Kier alpha value is -3.41. The first kappa shape index (κ1) is 30.9. The van der Waals surface area contributed by atoms with Crippen molar-refractivity contribution in [2.75, 3.05) is 44.4 Å². The number of nitrogens with two attached hydrogens (primary N) is 1. The van der Waals surface area contributed by atoms with Gasteiger partial charge in [-0.2, -0.15) is 28.4 Å². The van der Waals surface area contributed by atoms with Crippen molar-refractivity contribution < 1.29 is 27.0 Å². The lowest BCUT2D eigenvalue weighted by Gasteiger charge is -2.53. The van der Waals surface area contributed by atoms with Gasteiger partial charge in [-0.15, -0.1) is 0 Å². The number of fused-ring (bicyclic) bond motifs is 4. The van der Waals surface area contributed by atoms with E-state index in [1.165, 1.54) is 12.3 Å². The van der Waals surface area contributed by atoms with Crippen LogP contribution in [-0.4, -0.2) is 76.6 Å². The zero-order chi connectivity index (χ0) is 32.5. The van der Waals surface area contributed by atoms with E-state index in [1.54, 1.807) is 0 Å². The minimum absolute atomic E-state index is 0.0362. The number of alkyl halides is 3. The van der Waals surface area contributed by atoms with Crippen LogP contribution < -0.4 is 15.4 Å². The Kier molecular flexibility index (Phi) is 7.64. The SMILES string of the molecule is N#CC1=C(N)SC2C(F)=CC=C(c3ncc4c(N5CCCCCC5)nc(OCC5(CN6C7COCC6C7)CC5)nc4c3C(F)(F)F)C12. The van der Waals surface area contributed by atoms with Gasteiger partial charge in [-0.05, 0) is 43.8 Å². The second-order valence-corrected chi connectivity index (χ2v) is 14.8. The largest absolute Gasteiger partial charge is 0.463 e. The molecule has 14 heteroatoms. The molecule has 6 heterocycles. The molecule has 6 aliphatic rings. The quantitative estimate of drug-likeness (QED) is 0.367. The Morgan fingerprint density at radius 2 is 1.85 bits per heavy atom. The van der Waals surface area contributed by atoms with E-state index in [1.807, 2.05) is 11.0 Å². The molecule has 0 amide bonds. The van der Waals surface area contributed by atoms with Gasteiger partial charge < -0.3 is 20.1 Å². The molecular weight excluding hydrogens is 634 g/mol. The van der Waals surface area contributed by atoms with Crippen LogP contribution in [0.1, 0.15) is 56.2 Å². The zero-order valence-electron chi connectivity index (χ0n) is 25.7. The Morgan fingerprint density at radius 1 is 1.11 bits per heavy atom. The van der Waals surface area contributed by atoms with Crippen LogP contribution in [0.15, 0.2) is 34.8 Å². The van der Waals surface area contributed by atoms with E-state index in [0.717, 1.165) is 82.5 Å². The number of pyridine rings is 1. The molecule has 2 aliphatic carbocycles. The third kappa shape index (κ3) is 5.44. The molecule has 4 unspecified atom stereocenters. The third-order valence-corrected chi connectivity index (χ3v) is 11.8. The van der Waals surface area contributed by atoms with E-state index in [0.29, 0.717) is 37.6 Å². The van der Waals surface area contributed by atoms with E-state index in [2.05, 4.69) is 14.9 Å². The number of anilines is 1. The fraction of sp³-hybridized carbons (Fsp3) is 0.576. The van der Waals surface area contributed by atoms with Gasteiger partial charge in [0.1, 0.15) is 17.2 Å². The number of nitriles is 1. The molecule has 47 heavy (non-hydrogen) atoms. The smallest absolute Gasteiger partial charge is 0.420 e. The molecule has 0 spiro atoms. The van der Waals surface area contributed by atoms with Gasteiger partial charge in [-0.3, -0.25) is 9.88 Å². The van der Waals surface area contributed by atoms with Crippen LogP contribution in [0, 0.1) is 22.7 Å². The predicted molar refractivity (Wildman–Crippen MR) is 169 cm³/mol. The molecule has 4 aliphatic heterocycles. The summed E-state index contributed by atoms with van der Waals surface area (Å²) in [6.45, 7) is 3.91. The highest BCUT2D eigenvalue weighted by Gasteiger charge is 2.52. The maximum absolute atomic E-state index is 15.3. The molecule has 0 aromatic carbocycles. The molecule has 4 atom stereocenters. The van der Waals surface area contributed by atoms with Crippen molar-refractivity contribution in [3.8, 4) is 12.1 Å². The van der Waals surface area contributed by atoms with E-state index < -0.39 is 34.4 Å². The van der Waals surface area contributed by atoms with Gasteiger partial charge in [0.2, 0.25) is 0 Å². The molecule has 2 bridgehead atoms. The fourth-order valence-corrected chi connectivity index (χ4v) is 8.94. The first-order valence-electron chi connectivity index (χ1n) is 16.3. The highest BCUT2D eigenvalue weighted by Crippen LogP contribution is 2.53. The summed E-state index contributed by atoms with van der Waals surface area (Å²) in [6.07, 6.45) is 5.81. The number of nitrogens with zero attached hydrogens (tertiary/aromatic N) is 6. The van der Waals surface area contributed by atoms with Crippen LogP contribution in [0.3, 0.4) is 0 Å². The minimum atomic E-state index is -4.89. The zero-order valence-corrected chi connectivity index (χ0v) is 26.5. The number of aromatic nitrogens is 3. The maximum Gasteiger partial charge on any atom is 0.420 e. The Morgan fingerprint density at radius 3 is 2.51 bits per heavy atom. The van der Waals surface area contributed by atoms with Gasteiger partial charge in [0.05, 0.1) is 58.3 Å². The summed E-state index contributed by atoms with van der Waals surface area (Å²) >= 11 is 0.940. The number of hydrogen-bond acceptors (Lipinski definition) is 10. The molecule has 4 fully saturated rings. The molecule has 8 rings (SSSR count). The van der Waals surface area contributed by atoms with Crippen molar-refractivity contribution in [2.24, 2.45) is 17.1 Å². The van der Waals surface area contributed by atoms with Crippen molar-refractivity contribution in [2.45, 2.75) is 68.5 Å². The summed E-state index contributed by atoms with van der Waals surface area (Å²) in [5, 5.41) is 9.19. The van der Waals surface area contributed by atoms with Gasteiger partial charge in [-0.1, -0.05) is 30.7 Å². The van der Waals surface area contributed by atoms with Gasteiger partial charge in [0, 0.05) is 49.2 Å². The lowest BCUT2D eigenvalue weighted by atomic mass is 9.82. The topological polar surface area (TPSA) is 113 Å². The Bertz CT molecular complexity index is 1730. The van der Waals surface area contributed by atoms with Crippen LogP contribution in [-0.2, 0) is 10.9 Å².